The van der Waals surface area contributed by atoms with Crippen molar-refractivity contribution in [1.29, 1.82) is 0 Å². The molecule has 0 amide bonds. The lowest BCUT2D eigenvalue weighted by Gasteiger charge is -2.46. The molecular weight excluding hydrogens is 1230 g/mol. The smallest absolute Gasteiger partial charge is 0.252 e. The first kappa shape index (κ1) is 64.5. The van der Waals surface area contributed by atoms with Crippen LogP contribution in [0.25, 0.3) is 99.5 Å². The van der Waals surface area contributed by atoms with E-state index >= 15 is 0 Å². The molecule has 0 radical (unpaired) electrons. The molecule has 2 aromatic heterocycles. The fourth-order valence-corrected chi connectivity index (χ4v) is 16.5. The first-order chi connectivity index (χ1) is 49.0. The standard InChI is InChI=1S/C97H89BN4/c1-61(2)66-51-89-91-90(52-66)102(93-77(64-35-23-17-24-36-64)57-70(97(12,13)14)58-78(93)65-37-25-18-26-38-65)88-60-72(100-85-49-43-67(94(3,4)5)53-79(85)80-54-68(95(6,7)8)44-50-86(80)100)46-48-82(88)98(91)81-47-45-71(99-83-41-29-27-39-73(83)74-40-28-30-42-84(74)99)59-87(81)101(89)92-75(62-31-19-15-20-32-62)55-69(96(9,10)11)56-76(92)63-33-21-16-22-34-63/h15-61H,1-14H3. The van der Waals surface area contributed by atoms with E-state index in [-0.39, 0.29) is 34.3 Å². The highest BCUT2D eigenvalue weighted by Crippen LogP contribution is 2.56. The van der Waals surface area contributed by atoms with Gasteiger partial charge < -0.3 is 18.9 Å². The molecule has 102 heavy (non-hydrogen) atoms. The van der Waals surface area contributed by atoms with Crippen molar-refractivity contribution in [1.82, 2.24) is 9.13 Å². The topological polar surface area (TPSA) is 16.3 Å². The second-order valence-corrected chi connectivity index (χ2v) is 33.2. The van der Waals surface area contributed by atoms with Crippen LogP contribution in [0.2, 0.25) is 0 Å². The van der Waals surface area contributed by atoms with Gasteiger partial charge in [0.05, 0.1) is 33.4 Å². The van der Waals surface area contributed by atoms with Crippen LogP contribution in [0.15, 0.2) is 279 Å². The number of hydrogen-bond donors (Lipinski definition) is 0. The number of fused-ring (bicyclic) bond motifs is 10. The molecule has 5 heteroatoms. The van der Waals surface area contributed by atoms with Crippen molar-refractivity contribution in [3.8, 4) is 55.9 Å². The molecule has 0 fully saturated rings. The Kier molecular flexibility index (Phi) is 15.1. The minimum absolute atomic E-state index is 0.0503. The summed E-state index contributed by atoms with van der Waals surface area (Å²) in [6.45, 7) is 32.7. The maximum absolute atomic E-state index is 2.75. The van der Waals surface area contributed by atoms with E-state index in [4.69, 9.17) is 0 Å². The summed E-state index contributed by atoms with van der Waals surface area (Å²) in [6.07, 6.45) is 0. The Morgan fingerprint density at radius 3 is 0.912 bits per heavy atom. The van der Waals surface area contributed by atoms with Gasteiger partial charge in [0.2, 0.25) is 0 Å². The van der Waals surface area contributed by atoms with Gasteiger partial charge in [0, 0.05) is 77.9 Å². The number of aromatic nitrogens is 2. The first-order valence-corrected chi connectivity index (χ1v) is 36.7. The maximum Gasteiger partial charge on any atom is 0.252 e. The molecule has 4 heterocycles. The summed E-state index contributed by atoms with van der Waals surface area (Å²) in [7, 11) is 0. The molecule has 15 aromatic rings. The van der Waals surface area contributed by atoms with Crippen LogP contribution in [0.3, 0.4) is 0 Å². The number of benzene rings is 13. The third-order valence-corrected chi connectivity index (χ3v) is 22.1. The molecule has 0 atom stereocenters. The molecule has 0 saturated carbocycles. The Balaban J connectivity index is 1.06. The van der Waals surface area contributed by atoms with Crippen LogP contribution in [0.1, 0.15) is 131 Å². The van der Waals surface area contributed by atoms with E-state index in [2.05, 4.69) is 395 Å². The molecule has 13 aromatic carbocycles. The third kappa shape index (κ3) is 10.6. The molecule has 17 rings (SSSR count). The summed E-state index contributed by atoms with van der Waals surface area (Å²) < 4.78 is 5.08. The predicted molar refractivity (Wildman–Crippen MR) is 440 cm³/mol. The van der Waals surface area contributed by atoms with Gasteiger partial charge >= 0.3 is 0 Å². The van der Waals surface area contributed by atoms with Gasteiger partial charge in [0.1, 0.15) is 0 Å². The lowest BCUT2D eigenvalue weighted by Crippen LogP contribution is -2.61. The highest BCUT2D eigenvalue weighted by Gasteiger charge is 2.46. The Bertz CT molecular complexity index is 5580. The molecule has 0 unspecified atom stereocenters. The van der Waals surface area contributed by atoms with Gasteiger partial charge in [-0.05, 0) is 191 Å². The molecule has 0 bridgehead atoms. The van der Waals surface area contributed by atoms with Gasteiger partial charge in [-0.2, -0.15) is 0 Å². The Labute approximate surface area is 603 Å². The molecule has 0 aliphatic carbocycles. The highest BCUT2D eigenvalue weighted by atomic mass is 15.2. The zero-order valence-electron chi connectivity index (χ0n) is 61.5. The second-order valence-electron chi connectivity index (χ2n) is 33.2. The van der Waals surface area contributed by atoms with E-state index in [9.17, 15) is 0 Å². The van der Waals surface area contributed by atoms with Crippen LogP contribution < -0.4 is 26.2 Å². The fourth-order valence-electron chi connectivity index (χ4n) is 16.5. The number of hydrogen-bond acceptors (Lipinski definition) is 2. The Hall–Kier alpha value is -10.9. The van der Waals surface area contributed by atoms with Crippen molar-refractivity contribution in [2.45, 2.75) is 125 Å². The van der Waals surface area contributed by atoms with Crippen molar-refractivity contribution in [3.05, 3.63) is 307 Å². The van der Waals surface area contributed by atoms with E-state index in [1.54, 1.807) is 0 Å². The highest BCUT2D eigenvalue weighted by molar-refractivity contribution is 7.00. The molecule has 0 N–H and O–H groups in total. The summed E-state index contributed by atoms with van der Waals surface area (Å²) >= 11 is 0. The van der Waals surface area contributed by atoms with E-state index < -0.39 is 0 Å². The Morgan fingerprint density at radius 2 is 0.588 bits per heavy atom. The number of rotatable bonds is 9. The first-order valence-electron chi connectivity index (χ1n) is 36.7. The Morgan fingerprint density at radius 1 is 0.275 bits per heavy atom. The van der Waals surface area contributed by atoms with E-state index in [0.29, 0.717) is 0 Å². The van der Waals surface area contributed by atoms with Gasteiger partial charge in [0.15, 0.2) is 0 Å². The molecule has 0 saturated heterocycles. The average molecular weight is 1320 g/mol. The van der Waals surface area contributed by atoms with Crippen molar-refractivity contribution < 1.29 is 0 Å². The van der Waals surface area contributed by atoms with Gasteiger partial charge in [-0.3, -0.25) is 0 Å². The van der Waals surface area contributed by atoms with Gasteiger partial charge in [-0.25, -0.2) is 0 Å². The van der Waals surface area contributed by atoms with Gasteiger partial charge in [-0.1, -0.05) is 279 Å². The molecule has 500 valence electrons. The lowest BCUT2D eigenvalue weighted by molar-refractivity contribution is 0.590. The van der Waals surface area contributed by atoms with Crippen molar-refractivity contribution in [3.63, 3.8) is 0 Å². The van der Waals surface area contributed by atoms with Gasteiger partial charge in [0.25, 0.3) is 6.71 Å². The molecule has 2 aliphatic heterocycles. The lowest BCUT2D eigenvalue weighted by atomic mass is 9.33. The molecule has 4 nitrogen and oxygen atoms in total. The van der Waals surface area contributed by atoms with Crippen LogP contribution in [-0.2, 0) is 21.7 Å². The number of nitrogens with zero attached hydrogens (tertiary/aromatic N) is 4. The number of anilines is 6. The summed E-state index contributed by atoms with van der Waals surface area (Å²) in [4.78, 5) is 5.48. The van der Waals surface area contributed by atoms with Crippen molar-refractivity contribution in [2.24, 2.45) is 0 Å². The van der Waals surface area contributed by atoms with E-state index in [1.807, 2.05) is 0 Å². The number of para-hydroxylation sites is 2. The van der Waals surface area contributed by atoms with Gasteiger partial charge in [-0.15, -0.1) is 0 Å². The summed E-state index contributed by atoms with van der Waals surface area (Å²) in [5, 5.41) is 5.01. The fraction of sp³-hybridized carbons (Fsp3) is 0.196. The van der Waals surface area contributed by atoms with Crippen LogP contribution >= 0.6 is 0 Å². The minimum Gasteiger partial charge on any atom is -0.310 e. The molecule has 0 spiro atoms. The minimum atomic E-state index is -0.222. The van der Waals surface area contributed by atoms with Crippen LogP contribution in [0, 0.1) is 0 Å². The zero-order valence-corrected chi connectivity index (χ0v) is 61.5. The summed E-state index contributed by atoms with van der Waals surface area (Å²) in [5.41, 5.74) is 33.0. The SMILES string of the molecule is CC(C)c1cc2c3c(c1)N(c1c(-c4ccccc4)cc(C(C)(C)C)cc1-c1ccccc1)c1cc(-n4c5ccc(C(C)(C)C)cc5c5cc(C(C)(C)C)ccc54)ccc1B3c1ccc(-n3c4ccccc4c4ccccc43)cc1N2c1c(-c2ccccc2)cc(C(C)(C)C)cc1-c1ccccc1. The summed E-state index contributed by atoms with van der Waals surface area (Å²) in [6, 6.07) is 108. The van der Waals surface area contributed by atoms with Crippen LogP contribution in [0.4, 0.5) is 34.1 Å². The van der Waals surface area contributed by atoms with Crippen LogP contribution in [-0.4, -0.2) is 15.8 Å². The average Bonchev–Trinajstić information content (AvgIpc) is 0.802. The molecule has 2 aliphatic rings. The zero-order chi connectivity index (χ0) is 70.5. The normalized spacial score (nSPS) is 13.2. The van der Waals surface area contributed by atoms with Crippen LogP contribution in [0.5, 0.6) is 0 Å². The summed E-state index contributed by atoms with van der Waals surface area (Å²) in [5.74, 6) is 0.135. The largest absolute Gasteiger partial charge is 0.310 e. The van der Waals surface area contributed by atoms with Crippen molar-refractivity contribution in [2.75, 3.05) is 9.80 Å². The molecular formula is C97H89BN4. The third-order valence-electron chi connectivity index (χ3n) is 22.1. The monoisotopic (exact) mass is 1320 g/mol. The quantitative estimate of drug-likeness (QED) is 0.134. The van der Waals surface area contributed by atoms with E-state index in [0.717, 1.165) is 34.1 Å². The van der Waals surface area contributed by atoms with E-state index in [1.165, 1.54) is 144 Å². The van der Waals surface area contributed by atoms with Crippen molar-refractivity contribution >= 4 is 101 Å². The second kappa shape index (κ2) is 23.9. The maximum atomic E-state index is 2.75. The predicted octanol–water partition coefficient (Wildman–Crippen LogP) is 24.9.